The number of nitrogens with zero attached hydrogens (tertiary/aromatic N) is 2. The Kier molecular flexibility index (Phi) is 4.08. The van der Waals surface area contributed by atoms with E-state index in [2.05, 4.69) is 15.7 Å². The summed E-state index contributed by atoms with van der Waals surface area (Å²) in [6.07, 6.45) is 1.87. The largest absolute Gasteiger partial charge is 0.381 e. The summed E-state index contributed by atoms with van der Waals surface area (Å²) in [4.78, 5) is 11.1. The fourth-order valence-corrected chi connectivity index (χ4v) is 2.00. The molecular formula is C15H20N4O. The molecule has 5 nitrogen and oxygen atoms in total. The van der Waals surface area contributed by atoms with Crippen molar-refractivity contribution < 1.29 is 4.79 Å². The molecule has 2 N–H and O–H groups in total. The first-order valence-electron chi connectivity index (χ1n) is 6.57. The molecule has 5 heteroatoms. The van der Waals surface area contributed by atoms with Crippen LogP contribution in [0.4, 0.5) is 11.4 Å². The highest BCUT2D eigenvalue weighted by atomic mass is 16.1. The summed E-state index contributed by atoms with van der Waals surface area (Å²) >= 11 is 0. The number of carbonyl (C=O) groups is 1. The van der Waals surface area contributed by atoms with Gasteiger partial charge in [-0.1, -0.05) is 6.07 Å². The molecule has 20 heavy (non-hydrogen) atoms. The lowest BCUT2D eigenvalue weighted by atomic mass is 10.1. The fourth-order valence-electron chi connectivity index (χ4n) is 2.00. The summed E-state index contributed by atoms with van der Waals surface area (Å²) in [5, 5.41) is 10.4. The van der Waals surface area contributed by atoms with Gasteiger partial charge in [-0.2, -0.15) is 5.10 Å². The van der Waals surface area contributed by atoms with Gasteiger partial charge in [0, 0.05) is 43.1 Å². The Labute approximate surface area is 119 Å². The number of rotatable bonds is 4. The van der Waals surface area contributed by atoms with Gasteiger partial charge in [0.25, 0.3) is 0 Å². The molecule has 0 saturated carbocycles. The zero-order valence-electron chi connectivity index (χ0n) is 12.3. The van der Waals surface area contributed by atoms with E-state index in [1.54, 1.807) is 0 Å². The van der Waals surface area contributed by atoms with E-state index in [0.29, 0.717) is 6.54 Å². The third-order valence-electron chi connectivity index (χ3n) is 3.36. The fraction of sp³-hybridized carbons (Fsp3) is 0.333. The molecule has 0 aliphatic rings. The second-order valence-electron chi connectivity index (χ2n) is 4.94. The predicted octanol–water partition coefficient (Wildman–Crippen LogP) is 2.61. The maximum atomic E-state index is 11.1. The lowest BCUT2D eigenvalue weighted by molar-refractivity contribution is -0.114. The second kappa shape index (κ2) is 5.77. The molecule has 1 heterocycles. The van der Waals surface area contributed by atoms with Crippen LogP contribution in [0.1, 0.15) is 23.7 Å². The van der Waals surface area contributed by atoms with Crippen molar-refractivity contribution in [3.8, 4) is 0 Å². The highest BCUT2D eigenvalue weighted by Crippen LogP contribution is 2.21. The Morgan fingerprint density at radius 3 is 2.70 bits per heavy atom. The quantitative estimate of drug-likeness (QED) is 0.899. The van der Waals surface area contributed by atoms with E-state index in [-0.39, 0.29) is 5.91 Å². The van der Waals surface area contributed by atoms with Crippen LogP contribution in [0.3, 0.4) is 0 Å². The molecule has 1 aromatic heterocycles. The molecule has 0 aliphatic carbocycles. The van der Waals surface area contributed by atoms with Crippen molar-refractivity contribution in [3.05, 3.63) is 41.2 Å². The maximum Gasteiger partial charge on any atom is 0.221 e. The average molecular weight is 272 g/mol. The number of aryl methyl sites for hydroxylation is 2. The van der Waals surface area contributed by atoms with E-state index in [0.717, 1.165) is 28.2 Å². The molecule has 1 aromatic carbocycles. The zero-order chi connectivity index (χ0) is 14.7. The highest BCUT2D eigenvalue weighted by Gasteiger charge is 2.05. The number of anilines is 2. The van der Waals surface area contributed by atoms with E-state index >= 15 is 0 Å². The number of amides is 1. The Bertz CT molecular complexity index is 631. The summed E-state index contributed by atoms with van der Waals surface area (Å²) in [5.41, 5.74) is 5.26. The monoisotopic (exact) mass is 272 g/mol. The maximum absolute atomic E-state index is 11.1. The van der Waals surface area contributed by atoms with Crippen molar-refractivity contribution in [2.24, 2.45) is 7.05 Å². The molecule has 2 aromatic rings. The van der Waals surface area contributed by atoms with Crippen LogP contribution < -0.4 is 10.6 Å². The molecule has 1 amide bonds. The van der Waals surface area contributed by atoms with E-state index < -0.39 is 0 Å². The topological polar surface area (TPSA) is 59.0 Å². The summed E-state index contributed by atoms with van der Waals surface area (Å²) in [6.45, 7) is 6.30. The van der Waals surface area contributed by atoms with Gasteiger partial charge in [0.05, 0.1) is 6.20 Å². The molecule has 0 saturated heterocycles. The van der Waals surface area contributed by atoms with E-state index in [1.807, 2.05) is 50.0 Å². The predicted molar refractivity (Wildman–Crippen MR) is 80.8 cm³/mol. The summed E-state index contributed by atoms with van der Waals surface area (Å²) in [5.74, 6) is -0.0668. The van der Waals surface area contributed by atoms with Gasteiger partial charge in [0.1, 0.15) is 0 Å². The van der Waals surface area contributed by atoms with Crippen molar-refractivity contribution >= 4 is 17.3 Å². The highest BCUT2D eigenvalue weighted by molar-refractivity contribution is 5.89. The SMILES string of the molecule is CC(=O)Nc1ccc(C)c(NCc2cnn(C)c2C)c1. The standard InChI is InChI=1S/C15H20N4O/c1-10-5-6-14(18-12(3)20)7-15(10)16-8-13-9-17-19(4)11(13)2/h5-7,9,16H,8H2,1-4H3,(H,18,20). The molecule has 0 bridgehead atoms. The van der Waals surface area contributed by atoms with E-state index in [9.17, 15) is 4.79 Å². The van der Waals surface area contributed by atoms with Crippen LogP contribution in [-0.4, -0.2) is 15.7 Å². The number of hydrogen-bond donors (Lipinski definition) is 2. The Balaban J connectivity index is 2.12. The van der Waals surface area contributed by atoms with Crippen LogP contribution in [-0.2, 0) is 18.4 Å². The van der Waals surface area contributed by atoms with Gasteiger partial charge in [0.15, 0.2) is 0 Å². The van der Waals surface area contributed by atoms with Gasteiger partial charge >= 0.3 is 0 Å². The number of carbonyl (C=O) groups excluding carboxylic acids is 1. The van der Waals surface area contributed by atoms with Crippen LogP contribution >= 0.6 is 0 Å². The summed E-state index contributed by atoms with van der Waals surface area (Å²) in [6, 6.07) is 5.84. The molecule has 0 unspecified atom stereocenters. The molecule has 2 rings (SSSR count). The number of hydrogen-bond acceptors (Lipinski definition) is 3. The minimum Gasteiger partial charge on any atom is -0.381 e. The van der Waals surface area contributed by atoms with E-state index in [1.165, 1.54) is 6.92 Å². The third-order valence-corrected chi connectivity index (χ3v) is 3.36. The van der Waals surface area contributed by atoms with Crippen LogP contribution in [0.15, 0.2) is 24.4 Å². The van der Waals surface area contributed by atoms with Crippen LogP contribution in [0.5, 0.6) is 0 Å². The molecule has 0 aliphatic heterocycles. The normalized spacial score (nSPS) is 10.4. The van der Waals surface area contributed by atoms with Gasteiger partial charge in [-0.15, -0.1) is 0 Å². The van der Waals surface area contributed by atoms with Crippen molar-refractivity contribution in [2.45, 2.75) is 27.3 Å². The van der Waals surface area contributed by atoms with Gasteiger partial charge < -0.3 is 10.6 Å². The van der Waals surface area contributed by atoms with Crippen molar-refractivity contribution in [1.82, 2.24) is 9.78 Å². The molecule has 0 spiro atoms. The smallest absolute Gasteiger partial charge is 0.221 e. The number of benzene rings is 1. The molecular weight excluding hydrogens is 252 g/mol. The van der Waals surface area contributed by atoms with Gasteiger partial charge in [-0.3, -0.25) is 9.48 Å². The first-order chi connectivity index (χ1) is 9.47. The minimum absolute atomic E-state index is 0.0668. The zero-order valence-corrected chi connectivity index (χ0v) is 12.3. The van der Waals surface area contributed by atoms with Crippen LogP contribution in [0.25, 0.3) is 0 Å². The number of aromatic nitrogens is 2. The van der Waals surface area contributed by atoms with E-state index in [4.69, 9.17) is 0 Å². The van der Waals surface area contributed by atoms with Crippen LogP contribution in [0, 0.1) is 13.8 Å². The van der Waals surface area contributed by atoms with Crippen molar-refractivity contribution in [2.75, 3.05) is 10.6 Å². The lowest BCUT2D eigenvalue weighted by Crippen LogP contribution is -2.07. The lowest BCUT2D eigenvalue weighted by Gasteiger charge is -2.12. The summed E-state index contributed by atoms with van der Waals surface area (Å²) in [7, 11) is 1.93. The van der Waals surface area contributed by atoms with Crippen molar-refractivity contribution in [1.29, 1.82) is 0 Å². The van der Waals surface area contributed by atoms with Gasteiger partial charge in [-0.25, -0.2) is 0 Å². The van der Waals surface area contributed by atoms with Crippen molar-refractivity contribution in [3.63, 3.8) is 0 Å². The Morgan fingerprint density at radius 2 is 2.10 bits per heavy atom. The Morgan fingerprint density at radius 1 is 1.35 bits per heavy atom. The van der Waals surface area contributed by atoms with Gasteiger partial charge in [-0.05, 0) is 31.5 Å². The summed E-state index contributed by atoms with van der Waals surface area (Å²) < 4.78 is 1.86. The number of nitrogens with one attached hydrogen (secondary N) is 2. The first-order valence-corrected chi connectivity index (χ1v) is 6.57. The minimum atomic E-state index is -0.0668. The first kappa shape index (κ1) is 14.1. The molecule has 0 atom stereocenters. The van der Waals surface area contributed by atoms with Crippen LogP contribution in [0.2, 0.25) is 0 Å². The molecule has 0 fully saturated rings. The molecule has 106 valence electrons. The molecule has 0 radical (unpaired) electrons. The second-order valence-corrected chi connectivity index (χ2v) is 4.94. The van der Waals surface area contributed by atoms with Gasteiger partial charge in [0.2, 0.25) is 5.91 Å². The third kappa shape index (κ3) is 3.17. The average Bonchev–Trinajstić information content (AvgIpc) is 2.70. The Hall–Kier alpha value is -2.30.